The van der Waals surface area contributed by atoms with Crippen LogP contribution in [0.25, 0.3) is 0 Å². The van der Waals surface area contributed by atoms with Gasteiger partial charge in [0.15, 0.2) is 6.61 Å². The summed E-state index contributed by atoms with van der Waals surface area (Å²) in [5, 5.41) is 6.14. The Balaban J connectivity index is 1.61. The van der Waals surface area contributed by atoms with Gasteiger partial charge in [-0.2, -0.15) is 0 Å². The summed E-state index contributed by atoms with van der Waals surface area (Å²) in [6, 6.07) is 9.58. The number of carbonyl (C=O) groups is 2. The zero-order valence-corrected chi connectivity index (χ0v) is 17.0. The molecule has 0 aliphatic rings. The van der Waals surface area contributed by atoms with Crippen molar-refractivity contribution in [3.63, 3.8) is 0 Å². The van der Waals surface area contributed by atoms with Crippen molar-refractivity contribution >= 4 is 29.3 Å². The highest BCUT2D eigenvalue weighted by Gasteiger charge is 2.17. The van der Waals surface area contributed by atoms with E-state index >= 15 is 0 Å². The summed E-state index contributed by atoms with van der Waals surface area (Å²) in [7, 11) is 0. The molecule has 0 radical (unpaired) electrons. The number of ether oxygens (including phenoxy) is 1. The monoisotopic (exact) mass is 432 g/mol. The standard InChI is InChI=1S/C21H18F2N2O4S/c1-12-16(13(2)29-25-12)11-30-19-6-4-3-5-15(19)21(27)28-10-20(26)24-18-8-7-14(22)9-17(18)23/h3-9H,10-11H2,1-2H3,(H,24,26). The zero-order chi connectivity index (χ0) is 21.7. The van der Waals surface area contributed by atoms with Crippen LogP contribution in [0.3, 0.4) is 0 Å². The number of aromatic nitrogens is 1. The first-order valence-electron chi connectivity index (χ1n) is 8.90. The van der Waals surface area contributed by atoms with E-state index in [4.69, 9.17) is 9.26 Å². The number of carbonyl (C=O) groups excluding carboxylic acids is 2. The lowest BCUT2D eigenvalue weighted by Gasteiger charge is -2.10. The summed E-state index contributed by atoms with van der Waals surface area (Å²) in [4.78, 5) is 25.1. The molecule has 0 aliphatic carbocycles. The molecule has 3 rings (SSSR count). The first-order chi connectivity index (χ1) is 14.3. The van der Waals surface area contributed by atoms with Crippen LogP contribution in [0.4, 0.5) is 14.5 Å². The fourth-order valence-electron chi connectivity index (χ4n) is 2.60. The fraction of sp³-hybridized carbons (Fsp3) is 0.190. The van der Waals surface area contributed by atoms with Gasteiger partial charge in [0.2, 0.25) is 0 Å². The first kappa shape index (κ1) is 21.5. The number of thioether (sulfide) groups is 1. The van der Waals surface area contributed by atoms with Gasteiger partial charge in [-0.3, -0.25) is 4.79 Å². The van der Waals surface area contributed by atoms with Gasteiger partial charge in [0, 0.05) is 22.3 Å². The lowest BCUT2D eigenvalue weighted by Crippen LogP contribution is -2.21. The number of nitrogens with one attached hydrogen (secondary N) is 1. The highest BCUT2D eigenvalue weighted by molar-refractivity contribution is 7.98. The molecule has 0 unspecified atom stereocenters. The number of rotatable bonds is 7. The van der Waals surface area contributed by atoms with Crippen LogP contribution < -0.4 is 5.32 Å². The van der Waals surface area contributed by atoms with Gasteiger partial charge in [-0.25, -0.2) is 13.6 Å². The number of hydrogen-bond acceptors (Lipinski definition) is 6. The lowest BCUT2D eigenvalue weighted by atomic mass is 10.2. The summed E-state index contributed by atoms with van der Waals surface area (Å²) < 4.78 is 36.7. The maximum atomic E-state index is 13.6. The number of amides is 1. The quantitative estimate of drug-likeness (QED) is 0.432. The summed E-state index contributed by atoms with van der Waals surface area (Å²) >= 11 is 1.42. The number of esters is 1. The largest absolute Gasteiger partial charge is 0.452 e. The number of halogens is 2. The third-order valence-electron chi connectivity index (χ3n) is 4.20. The van der Waals surface area contributed by atoms with E-state index in [0.717, 1.165) is 23.4 Å². The van der Waals surface area contributed by atoms with Crippen LogP contribution >= 0.6 is 11.8 Å². The Labute approximate surface area is 175 Å². The van der Waals surface area contributed by atoms with Crippen LogP contribution in [0, 0.1) is 25.5 Å². The van der Waals surface area contributed by atoms with Crippen molar-refractivity contribution in [1.82, 2.24) is 5.16 Å². The van der Waals surface area contributed by atoms with E-state index in [1.807, 2.05) is 13.8 Å². The van der Waals surface area contributed by atoms with Crippen molar-refractivity contribution in [2.24, 2.45) is 0 Å². The van der Waals surface area contributed by atoms with E-state index in [1.165, 1.54) is 11.8 Å². The minimum absolute atomic E-state index is 0.201. The van der Waals surface area contributed by atoms with Gasteiger partial charge < -0.3 is 14.6 Å². The SMILES string of the molecule is Cc1noc(C)c1CSc1ccccc1C(=O)OCC(=O)Nc1ccc(F)cc1F. The predicted octanol–water partition coefficient (Wildman–Crippen LogP) is 4.66. The summed E-state index contributed by atoms with van der Waals surface area (Å²) in [5.41, 5.74) is 1.83. The first-order valence-corrected chi connectivity index (χ1v) is 9.89. The van der Waals surface area contributed by atoms with Crippen LogP contribution in [0.1, 0.15) is 27.4 Å². The number of nitrogens with zero attached hydrogens (tertiary/aromatic N) is 1. The van der Waals surface area contributed by atoms with Crippen LogP contribution in [-0.4, -0.2) is 23.6 Å². The Morgan fingerprint density at radius 3 is 2.63 bits per heavy atom. The molecule has 3 aromatic rings. The number of hydrogen-bond donors (Lipinski definition) is 1. The molecule has 30 heavy (non-hydrogen) atoms. The molecule has 9 heteroatoms. The van der Waals surface area contributed by atoms with Gasteiger partial charge in [0.05, 0.1) is 16.9 Å². The average molecular weight is 432 g/mol. The molecule has 6 nitrogen and oxygen atoms in total. The third-order valence-corrected chi connectivity index (χ3v) is 5.30. The van der Waals surface area contributed by atoms with E-state index < -0.39 is 30.1 Å². The minimum Gasteiger partial charge on any atom is -0.452 e. The molecule has 1 heterocycles. The van der Waals surface area contributed by atoms with E-state index in [0.29, 0.717) is 28.0 Å². The smallest absolute Gasteiger partial charge is 0.339 e. The van der Waals surface area contributed by atoms with E-state index in [9.17, 15) is 18.4 Å². The van der Waals surface area contributed by atoms with Gasteiger partial charge in [-0.1, -0.05) is 17.3 Å². The second kappa shape index (κ2) is 9.53. The number of anilines is 1. The Kier molecular flexibility index (Phi) is 6.83. The van der Waals surface area contributed by atoms with Crippen LogP contribution in [0.5, 0.6) is 0 Å². The fourth-order valence-corrected chi connectivity index (χ4v) is 3.80. The van der Waals surface area contributed by atoms with E-state index in [2.05, 4.69) is 10.5 Å². The molecule has 0 spiro atoms. The normalized spacial score (nSPS) is 10.7. The van der Waals surface area contributed by atoms with Crippen molar-refractivity contribution in [3.05, 3.63) is 76.7 Å². The van der Waals surface area contributed by atoms with Gasteiger partial charge in [0.25, 0.3) is 5.91 Å². The molecule has 0 atom stereocenters. The minimum atomic E-state index is -0.921. The highest BCUT2D eigenvalue weighted by atomic mass is 32.2. The van der Waals surface area contributed by atoms with Crippen molar-refractivity contribution < 1.29 is 27.6 Å². The molecular weight excluding hydrogens is 414 g/mol. The lowest BCUT2D eigenvalue weighted by molar-refractivity contribution is -0.119. The molecule has 0 fully saturated rings. The van der Waals surface area contributed by atoms with Gasteiger partial charge in [-0.05, 0) is 38.1 Å². The number of aryl methyl sites for hydroxylation is 2. The van der Waals surface area contributed by atoms with Gasteiger partial charge >= 0.3 is 5.97 Å². The van der Waals surface area contributed by atoms with Crippen LogP contribution in [0.2, 0.25) is 0 Å². The van der Waals surface area contributed by atoms with E-state index in [-0.39, 0.29) is 5.69 Å². The summed E-state index contributed by atoms with van der Waals surface area (Å²) in [6.07, 6.45) is 0. The Morgan fingerprint density at radius 2 is 1.93 bits per heavy atom. The van der Waals surface area contributed by atoms with Crippen LogP contribution in [-0.2, 0) is 15.3 Å². The average Bonchev–Trinajstić information content (AvgIpc) is 3.04. The maximum Gasteiger partial charge on any atom is 0.339 e. The molecule has 1 amide bonds. The second-order valence-corrected chi connectivity index (χ2v) is 7.35. The molecular formula is C21H18F2N2O4S. The third kappa shape index (κ3) is 5.24. The van der Waals surface area contributed by atoms with Gasteiger partial charge in [-0.15, -0.1) is 11.8 Å². The molecule has 1 N–H and O–H groups in total. The topological polar surface area (TPSA) is 81.4 Å². The highest BCUT2D eigenvalue weighted by Crippen LogP contribution is 2.29. The summed E-state index contributed by atoms with van der Waals surface area (Å²) in [6.45, 7) is 3.05. The van der Waals surface area contributed by atoms with Crippen molar-refractivity contribution in [2.75, 3.05) is 11.9 Å². The van der Waals surface area contributed by atoms with Crippen molar-refractivity contribution in [2.45, 2.75) is 24.5 Å². The number of benzene rings is 2. The maximum absolute atomic E-state index is 13.6. The molecule has 0 saturated heterocycles. The Morgan fingerprint density at radius 1 is 1.17 bits per heavy atom. The molecule has 2 aromatic carbocycles. The van der Waals surface area contributed by atoms with Crippen LogP contribution in [0.15, 0.2) is 51.9 Å². The van der Waals surface area contributed by atoms with Crippen molar-refractivity contribution in [3.8, 4) is 0 Å². The molecule has 1 aromatic heterocycles. The van der Waals surface area contributed by atoms with E-state index in [1.54, 1.807) is 24.3 Å². The Hall–Kier alpha value is -3.20. The summed E-state index contributed by atoms with van der Waals surface area (Å²) in [5.74, 6) is -1.85. The van der Waals surface area contributed by atoms with Gasteiger partial charge in [0.1, 0.15) is 17.4 Å². The molecule has 0 bridgehead atoms. The van der Waals surface area contributed by atoms with Crippen molar-refractivity contribution in [1.29, 1.82) is 0 Å². The Bertz CT molecular complexity index is 1070. The molecule has 0 saturated carbocycles. The second-order valence-electron chi connectivity index (χ2n) is 6.34. The zero-order valence-electron chi connectivity index (χ0n) is 16.2. The molecule has 0 aliphatic heterocycles. The predicted molar refractivity (Wildman–Crippen MR) is 107 cm³/mol. The molecule has 156 valence electrons.